The first-order chi connectivity index (χ1) is 23.3. The Balaban J connectivity index is 1.23. The van der Waals surface area contributed by atoms with E-state index in [0.29, 0.717) is 0 Å². The third-order valence-electron chi connectivity index (χ3n) is 9.33. The molecular weight excluding hydrogens is 569 g/mol. The van der Waals surface area contributed by atoms with Crippen LogP contribution < -0.4 is 0 Å². The number of nitrogens with zero attached hydrogens (tertiary/aromatic N) is 2. The number of rotatable bonds is 5. The predicted molar refractivity (Wildman–Crippen MR) is 195 cm³/mol. The van der Waals surface area contributed by atoms with Gasteiger partial charge in [-0.3, -0.25) is 0 Å². The molecule has 1 aliphatic rings. The van der Waals surface area contributed by atoms with Gasteiger partial charge in [-0.15, -0.1) is 0 Å². The van der Waals surface area contributed by atoms with Crippen LogP contribution in [0.1, 0.15) is 11.1 Å². The molecule has 0 saturated heterocycles. The van der Waals surface area contributed by atoms with Gasteiger partial charge in [0.2, 0.25) is 0 Å². The number of fused-ring (bicyclic) bond motifs is 5. The number of hydrogen-bond acceptors (Lipinski definition) is 2. The zero-order valence-electron chi connectivity index (χ0n) is 25.8. The van der Waals surface area contributed by atoms with Crippen molar-refractivity contribution in [3.63, 3.8) is 0 Å². The maximum Gasteiger partial charge on any atom is 0.160 e. The average molecular weight is 599 g/mol. The van der Waals surface area contributed by atoms with Crippen molar-refractivity contribution in [2.24, 2.45) is 0 Å². The third-order valence-corrected chi connectivity index (χ3v) is 9.33. The summed E-state index contributed by atoms with van der Waals surface area (Å²) in [4.78, 5) is 10.1. The molecule has 1 aromatic heterocycles. The molecular formula is C45H30N2. The first-order valence-electron chi connectivity index (χ1n) is 16.1. The van der Waals surface area contributed by atoms with E-state index in [-0.39, 0.29) is 0 Å². The van der Waals surface area contributed by atoms with Gasteiger partial charge in [-0.25, -0.2) is 9.97 Å². The Morgan fingerprint density at radius 1 is 0.362 bits per heavy atom. The van der Waals surface area contributed by atoms with Crippen molar-refractivity contribution in [3.05, 3.63) is 181 Å². The molecule has 2 heteroatoms. The van der Waals surface area contributed by atoms with Gasteiger partial charge in [-0.1, -0.05) is 152 Å². The van der Waals surface area contributed by atoms with Gasteiger partial charge in [0, 0.05) is 16.7 Å². The van der Waals surface area contributed by atoms with Crippen molar-refractivity contribution in [3.8, 4) is 67.3 Å². The summed E-state index contributed by atoms with van der Waals surface area (Å²) in [5.41, 5.74) is 15.4. The van der Waals surface area contributed by atoms with E-state index in [1.54, 1.807) is 0 Å². The Morgan fingerprint density at radius 3 is 1.68 bits per heavy atom. The lowest BCUT2D eigenvalue weighted by molar-refractivity contribution is 1.18. The highest BCUT2D eigenvalue weighted by atomic mass is 14.9. The fourth-order valence-electron chi connectivity index (χ4n) is 7.12. The van der Waals surface area contributed by atoms with Crippen LogP contribution in [0.25, 0.3) is 78.1 Å². The van der Waals surface area contributed by atoms with Crippen LogP contribution in [0.2, 0.25) is 0 Å². The summed E-state index contributed by atoms with van der Waals surface area (Å²) in [7, 11) is 0. The van der Waals surface area contributed by atoms with Crippen molar-refractivity contribution in [2.75, 3.05) is 0 Å². The fourth-order valence-corrected chi connectivity index (χ4v) is 7.12. The van der Waals surface area contributed by atoms with Gasteiger partial charge in [0.15, 0.2) is 5.82 Å². The summed E-state index contributed by atoms with van der Waals surface area (Å²) in [6.45, 7) is 0. The highest BCUT2D eigenvalue weighted by Gasteiger charge is 2.25. The fraction of sp³-hybridized carbons (Fsp3) is 0.0222. The second-order valence-corrected chi connectivity index (χ2v) is 12.2. The van der Waals surface area contributed by atoms with Crippen molar-refractivity contribution in [1.82, 2.24) is 9.97 Å². The predicted octanol–water partition coefficient (Wildman–Crippen LogP) is 11.5. The van der Waals surface area contributed by atoms with Crippen molar-refractivity contribution >= 4 is 10.8 Å². The van der Waals surface area contributed by atoms with Gasteiger partial charge in [0.25, 0.3) is 0 Å². The van der Waals surface area contributed by atoms with Gasteiger partial charge < -0.3 is 0 Å². The monoisotopic (exact) mass is 598 g/mol. The van der Waals surface area contributed by atoms with E-state index in [0.717, 1.165) is 40.3 Å². The zero-order chi connectivity index (χ0) is 31.2. The largest absolute Gasteiger partial charge is 0.228 e. The molecule has 0 aliphatic heterocycles. The lowest BCUT2D eigenvalue weighted by Gasteiger charge is -2.15. The molecule has 9 rings (SSSR count). The Hall–Kier alpha value is -6.12. The summed E-state index contributed by atoms with van der Waals surface area (Å²) in [5, 5.41) is 2.59. The van der Waals surface area contributed by atoms with E-state index in [1.165, 1.54) is 55.3 Å². The number of aromatic nitrogens is 2. The van der Waals surface area contributed by atoms with Crippen molar-refractivity contribution in [1.29, 1.82) is 0 Å². The van der Waals surface area contributed by atoms with Gasteiger partial charge in [-0.05, 0) is 79.9 Å². The summed E-state index contributed by atoms with van der Waals surface area (Å²) in [5.74, 6) is 0.723. The van der Waals surface area contributed by atoms with E-state index in [9.17, 15) is 0 Å². The van der Waals surface area contributed by atoms with Crippen LogP contribution in [0.3, 0.4) is 0 Å². The molecule has 0 bridgehead atoms. The van der Waals surface area contributed by atoms with Crippen molar-refractivity contribution in [2.45, 2.75) is 6.42 Å². The van der Waals surface area contributed by atoms with E-state index >= 15 is 0 Å². The van der Waals surface area contributed by atoms with Crippen LogP contribution >= 0.6 is 0 Å². The van der Waals surface area contributed by atoms with Crippen LogP contribution in [0.4, 0.5) is 0 Å². The highest BCUT2D eigenvalue weighted by molar-refractivity contribution is 6.06. The molecule has 0 saturated carbocycles. The van der Waals surface area contributed by atoms with E-state index in [2.05, 4.69) is 146 Å². The van der Waals surface area contributed by atoms with E-state index in [1.807, 2.05) is 24.3 Å². The minimum atomic E-state index is 0.723. The summed E-state index contributed by atoms with van der Waals surface area (Å²) in [6, 6.07) is 60.4. The van der Waals surface area contributed by atoms with Crippen LogP contribution in [-0.4, -0.2) is 9.97 Å². The van der Waals surface area contributed by atoms with Gasteiger partial charge in [0.05, 0.1) is 11.4 Å². The Bertz CT molecular complexity index is 2350. The molecule has 7 aromatic carbocycles. The Kier molecular flexibility index (Phi) is 6.57. The van der Waals surface area contributed by atoms with Crippen LogP contribution in [-0.2, 0) is 6.42 Å². The Labute approximate surface area is 274 Å². The zero-order valence-corrected chi connectivity index (χ0v) is 25.8. The first-order valence-corrected chi connectivity index (χ1v) is 16.1. The Morgan fingerprint density at radius 2 is 0.936 bits per heavy atom. The van der Waals surface area contributed by atoms with Crippen LogP contribution in [0.5, 0.6) is 0 Å². The molecule has 220 valence electrons. The summed E-state index contributed by atoms with van der Waals surface area (Å²) in [6.07, 6.45) is 0.942. The molecule has 0 atom stereocenters. The molecule has 2 nitrogen and oxygen atoms in total. The standard InChI is InChI=1S/C45H30N2/c1-4-14-30(15-5-1)36-25-13-22-35-27-40-38-24-11-10-23-37(38)39(28-41(40)44(35)36)33-20-12-21-34(26-33)43-29-42(31-16-6-2-7-17-31)46-45(47-43)32-18-8-3-9-19-32/h1-26,28-29H,27H2. The molecule has 1 aliphatic carbocycles. The molecule has 0 unspecified atom stereocenters. The minimum absolute atomic E-state index is 0.723. The van der Waals surface area contributed by atoms with Gasteiger partial charge in [-0.2, -0.15) is 0 Å². The molecule has 0 N–H and O–H groups in total. The smallest absolute Gasteiger partial charge is 0.160 e. The van der Waals surface area contributed by atoms with E-state index in [4.69, 9.17) is 9.97 Å². The molecule has 1 heterocycles. The maximum absolute atomic E-state index is 5.12. The first kappa shape index (κ1) is 27.2. The minimum Gasteiger partial charge on any atom is -0.228 e. The highest BCUT2D eigenvalue weighted by Crippen LogP contribution is 2.48. The topological polar surface area (TPSA) is 25.8 Å². The van der Waals surface area contributed by atoms with Gasteiger partial charge >= 0.3 is 0 Å². The molecule has 0 fully saturated rings. The molecule has 0 radical (unpaired) electrons. The van der Waals surface area contributed by atoms with Gasteiger partial charge in [0.1, 0.15) is 0 Å². The SMILES string of the molecule is c1ccc(-c2cc(-c3cccc(-c4cc5c(c6ccccc46)Cc4cccc(-c6ccccc6)c4-5)c3)nc(-c3ccccc3)n2)cc1. The van der Waals surface area contributed by atoms with E-state index < -0.39 is 0 Å². The number of benzene rings is 7. The molecule has 8 aromatic rings. The third kappa shape index (κ3) is 4.83. The van der Waals surface area contributed by atoms with Crippen molar-refractivity contribution < 1.29 is 0 Å². The molecule has 47 heavy (non-hydrogen) atoms. The van der Waals surface area contributed by atoms with Crippen LogP contribution in [0.15, 0.2) is 170 Å². The quantitative estimate of drug-likeness (QED) is 0.197. The number of hydrogen-bond donors (Lipinski definition) is 0. The average Bonchev–Trinajstić information content (AvgIpc) is 3.55. The van der Waals surface area contributed by atoms with Crippen LogP contribution in [0, 0.1) is 0 Å². The second-order valence-electron chi connectivity index (χ2n) is 12.2. The second kappa shape index (κ2) is 11.3. The normalized spacial score (nSPS) is 11.7. The lowest BCUT2D eigenvalue weighted by Crippen LogP contribution is -1.96. The summed E-state index contributed by atoms with van der Waals surface area (Å²) >= 11 is 0. The molecule has 0 spiro atoms. The summed E-state index contributed by atoms with van der Waals surface area (Å²) < 4.78 is 0. The molecule has 0 amide bonds. The lowest BCUT2D eigenvalue weighted by atomic mass is 9.89. The maximum atomic E-state index is 5.12.